The fourth-order valence-electron chi connectivity index (χ4n) is 1.71. The number of hydrogen-bond donors (Lipinski definition) is 1. The molecule has 1 aromatic carbocycles. The number of nitrogens with one attached hydrogen (secondary N) is 1. The normalized spacial score (nSPS) is 10.6. The van der Waals surface area contributed by atoms with Crippen LogP contribution in [0, 0.1) is 11.6 Å². The van der Waals surface area contributed by atoms with Gasteiger partial charge in [0.2, 0.25) is 0 Å². The van der Waals surface area contributed by atoms with Gasteiger partial charge in [0, 0.05) is 7.05 Å². The molecule has 0 radical (unpaired) electrons. The zero-order chi connectivity index (χ0) is 15.4. The molecule has 112 valence electrons. The predicted octanol–water partition coefficient (Wildman–Crippen LogP) is 1.67. The van der Waals surface area contributed by atoms with E-state index in [1.54, 1.807) is 7.05 Å². The average Bonchev–Trinajstić information content (AvgIpc) is 2.84. The van der Waals surface area contributed by atoms with Crippen LogP contribution >= 0.6 is 0 Å². The quantitative estimate of drug-likeness (QED) is 0.500. The molecule has 21 heavy (non-hydrogen) atoms. The Hall–Kier alpha value is -2.48. The fourth-order valence-corrected chi connectivity index (χ4v) is 1.71. The molecule has 0 saturated carbocycles. The Morgan fingerprint density at radius 2 is 2.24 bits per heavy atom. The monoisotopic (exact) mass is 297 g/mol. The molecule has 0 aliphatic rings. The first-order chi connectivity index (χ1) is 10.1. The van der Waals surface area contributed by atoms with Crippen LogP contribution < -0.4 is 5.48 Å². The first-order valence-corrected chi connectivity index (χ1v) is 6.00. The van der Waals surface area contributed by atoms with Gasteiger partial charge in [0.15, 0.2) is 11.6 Å². The van der Waals surface area contributed by atoms with Crippen LogP contribution in [-0.4, -0.2) is 28.7 Å². The molecular formula is C13H13F2N3O3. The van der Waals surface area contributed by atoms with Gasteiger partial charge in [-0.05, 0) is 6.07 Å². The van der Waals surface area contributed by atoms with Gasteiger partial charge in [0.1, 0.15) is 18.7 Å². The molecule has 1 heterocycles. The standard InChI is InChI=1S/C13H13F2N3O3/c1-3-20-4-5-21-17-13(19)8-6-9-12(11(15)10(8)14)16-7-18(9)2/h3,6-7H,1,4-5H2,2H3,(H,17,19). The Kier molecular flexibility index (Phi) is 4.49. The highest BCUT2D eigenvalue weighted by Gasteiger charge is 2.21. The maximum absolute atomic E-state index is 13.8. The number of amides is 1. The van der Waals surface area contributed by atoms with E-state index < -0.39 is 23.1 Å². The van der Waals surface area contributed by atoms with E-state index in [1.807, 2.05) is 5.48 Å². The van der Waals surface area contributed by atoms with Crippen LogP contribution in [0.2, 0.25) is 0 Å². The van der Waals surface area contributed by atoms with Crippen LogP contribution in [-0.2, 0) is 16.6 Å². The molecule has 0 fully saturated rings. The minimum atomic E-state index is -1.27. The van der Waals surface area contributed by atoms with Crippen molar-refractivity contribution in [2.75, 3.05) is 13.2 Å². The number of carbonyl (C=O) groups excluding carboxylic acids is 1. The molecule has 0 spiro atoms. The summed E-state index contributed by atoms with van der Waals surface area (Å²) in [6.45, 7) is 3.54. The zero-order valence-corrected chi connectivity index (χ0v) is 11.2. The molecule has 0 aliphatic heterocycles. The van der Waals surface area contributed by atoms with Crippen molar-refractivity contribution < 1.29 is 23.1 Å². The van der Waals surface area contributed by atoms with E-state index in [-0.39, 0.29) is 18.7 Å². The molecule has 0 bridgehead atoms. The average molecular weight is 297 g/mol. The summed E-state index contributed by atoms with van der Waals surface area (Å²) in [6.07, 6.45) is 2.55. The second-order valence-corrected chi connectivity index (χ2v) is 4.09. The highest BCUT2D eigenvalue weighted by molar-refractivity contribution is 5.97. The summed E-state index contributed by atoms with van der Waals surface area (Å²) < 4.78 is 33.9. The van der Waals surface area contributed by atoms with Gasteiger partial charge < -0.3 is 9.30 Å². The van der Waals surface area contributed by atoms with E-state index in [2.05, 4.69) is 11.6 Å². The van der Waals surface area contributed by atoms with E-state index in [9.17, 15) is 13.6 Å². The fraction of sp³-hybridized carbons (Fsp3) is 0.231. The maximum atomic E-state index is 13.8. The summed E-state index contributed by atoms with van der Waals surface area (Å²) in [6, 6.07) is 1.21. The van der Waals surface area contributed by atoms with Crippen molar-refractivity contribution in [1.82, 2.24) is 15.0 Å². The molecule has 0 saturated heterocycles. The lowest BCUT2D eigenvalue weighted by Gasteiger charge is -2.08. The molecular weight excluding hydrogens is 284 g/mol. The summed E-state index contributed by atoms with van der Waals surface area (Å²) in [4.78, 5) is 20.3. The Labute approximate surface area is 118 Å². The summed E-state index contributed by atoms with van der Waals surface area (Å²) in [7, 11) is 1.61. The highest BCUT2D eigenvalue weighted by Crippen LogP contribution is 2.22. The third-order valence-corrected chi connectivity index (χ3v) is 2.73. The highest BCUT2D eigenvalue weighted by atomic mass is 19.2. The van der Waals surface area contributed by atoms with Gasteiger partial charge in [0.05, 0.1) is 23.7 Å². The summed E-state index contributed by atoms with van der Waals surface area (Å²) in [5, 5.41) is 0. The second-order valence-electron chi connectivity index (χ2n) is 4.09. The van der Waals surface area contributed by atoms with Crippen LogP contribution in [0.25, 0.3) is 11.0 Å². The van der Waals surface area contributed by atoms with E-state index in [1.165, 1.54) is 23.2 Å². The van der Waals surface area contributed by atoms with Crippen molar-refractivity contribution in [1.29, 1.82) is 0 Å². The Morgan fingerprint density at radius 1 is 1.48 bits per heavy atom. The van der Waals surface area contributed by atoms with Crippen LogP contribution in [0.5, 0.6) is 0 Å². The number of aromatic nitrogens is 2. The van der Waals surface area contributed by atoms with Gasteiger partial charge >= 0.3 is 0 Å². The smallest absolute Gasteiger partial charge is 0.278 e. The number of aryl methyl sites for hydroxylation is 1. The van der Waals surface area contributed by atoms with E-state index >= 15 is 0 Å². The molecule has 0 unspecified atom stereocenters. The number of halogens is 2. The van der Waals surface area contributed by atoms with Crippen molar-refractivity contribution in [3.8, 4) is 0 Å². The van der Waals surface area contributed by atoms with E-state index in [4.69, 9.17) is 9.57 Å². The largest absolute Gasteiger partial charge is 0.499 e. The lowest BCUT2D eigenvalue weighted by atomic mass is 10.1. The number of ether oxygens (including phenoxy) is 1. The summed E-state index contributed by atoms with van der Waals surface area (Å²) >= 11 is 0. The Morgan fingerprint density at radius 3 is 2.95 bits per heavy atom. The van der Waals surface area contributed by atoms with Crippen molar-refractivity contribution in [2.45, 2.75) is 0 Å². The molecule has 8 heteroatoms. The van der Waals surface area contributed by atoms with Crippen molar-refractivity contribution in [3.05, 3.63) is 42.4 Å². The van der Waals surface area contributed by atoms with E-state index in [0.29, 0.717) is 5.52 Å². The third kappa shape index (κ3) is 3.00. The maximum Gasteiger partial charge on any atom is 0.278 e. The van der Waals surface area contributed by atoms with Crippen molar-refractivity contribution in [3.63, 3.8) is 0 Å². The second kappa shape index (κ2) is 6.31. The number of carbonyl (C=O) groups is 1. The third-order valence-electron chi connectivity index (χ3n) is 2.73. The summed E-state index contributed by atoms with van der Waals surface area (Å²) in [5.74, 6) is -3.34. The van der Waals surface area contributed by atoms with Crippen molar-refractivity contribution in [2.24, 2.45) is 7.05 Å². The Balaban J connectivity index is 2.17. The first kappa shape index (κ1) is 14.9. The van der Waals surface area contributed by atoms with Gasteiger partial charge in [-0.1, -0.05) is 6.58 Å². The lowest BCUT2D eigenvalue weighted by molar-refractivity contribution is 0.0142. The molecule has 2 rings (SSSR count). The predicted molar refractivity (Wildman–Crippen MR) is 70.2 cm³/mol. The number of imidazole rings is 1. The molecule has 0 atom stereocenters. The SMILES string of the molecule is C=COCCONC(=O)c1cc2c(ncn2C)c(F)c1F. The number of nitrogens with zero attached hydrogens (tertiary/aromatic N) is 2. The van der Waals surface area contributed by atoms with Crippen LogP contribution in [0.3, 0.4) is 0 Å². The van der Waals surface area contributed by atoms with Crippen LogP contribution in [0.15, 0.2) is 25.2 Å². The first-order valence-electron chi connectivity index (χ1n) is 6.00. The minimum absolute atomic E-state index is 0.0375. The molecule has 1 aromatic heterocycles. The topological polar surface area (TPSA) is 65.4 Å². The van der Waals surface area contributed by atoms with Gasteiger partial charge in [-0.2, -0.15) is 0 Å². The zero-order valence-electron chi connectivity index (χ0n) is 11.2. The van der Waals surface area contributed by atoms with Gasteiger partial charge in [-0.25, -0.2) is 19.2 Å². The Bertz CT molecular complexity index is 685. The molecule has 2 aromatic rings. The van der Waals surface area contributed by atoms with Crippen LogP contribution in [0.1, 0.15) is 10.4 Å². The van der Waals surface area contributed by atoms with E-state index in [0.717, 1.165) is 0 Å². The molecule has 1 amide bonds. The number of benzene rings is 1. The van der Waals surface area contributed by atoms with Gasteiger partial charge in [-0.15, -0.1) is 0 Å². The van der Waals surface area contributed by atoms with Crippen molar-refractivity contribution >= 4 is 16.9 Å². The molecule has 6 nitrogen and oxygen atoms in total. The minimum Gasteiger partial charge on any atom is -0.499 e. The van der Waals surface area contributed by atoms with Crippen LogP contribution in [0.4, 0.5) is 8.78 Å². The van der Waals surface area contributed by atoms with Gasteiger partial charge in [0.25, 0.3) is 5.91 Å². The number of hydrogen-bond acceptors (Lipinski definition) is 4. The number of fused-ring (bicyclic) bond motifs is 1. The summed E-state index contributed by atoms with van der Waals surface area (Å²) in [5.41, 5.74) is 1.72. The molecule has 1 N–H and O–H groups in total. The molecule has 0 aliphatic carbocycles. The lowest BCUT2D eigenvalue weighted by Crippen LogP contribution is -2.26. The number of rotatable bonds is 6. The van der Waals surface area contributed by atoms with Gasteiger partial charge in [-0.3, -0.25) is 9.63 Å². The number of hydroxylamine groups is 1.